The first-order valence-corrected chi connectivity index (χ1v) is 10.5. The smallest absolute Gasteiger partial charge is 0.239 e. The van der Waals surface area contributed by atoms with Crippen LogP contribution in [0.3, 0.4) is 0 Å². The van der Waals surface area contributed by atoms with Gasteiger partial charge in [-0.3, -0.25) is 14.4 Å². The Morgan fingerprint density at radius 1 is 1.25 bits per heavy atom. The average Bonchev–Trinajstić information content (AvgIpc) is 3.25. The van der Waals surface area contributed by atoms with Crippen LogP contribution in [0.2, 0.25) is 0 Å². The summed E-state index contributed by atoms with van der Waals surface area (Å²) in [6, 6.07) is 8.59. The topological polar surface area (TPSA) is 78.9 Å². The second-order valence-corrected chi connectivity index (χ2v) is 8.33. The van der Waals surface area contributed by atoms with E-state index in [1.54, 1.807) is 23.0 Å². The number of carbonyl (C=O) groups is 1. The van der Waals surface area contributed by atoms with Gasteiger partial charge in [0.2, 0.25) is 5.91 Å². The molecule has 0 radical (unpaired) electrons. The van der Waals surface area contributed by atoms with Crippen LogP contribution >= 0.6 is 0 Å². The van der Waals surface area contributed by atoms with Crippen LogP contribution in [0.1, 0.15) is 41.8 Å². The van der Waals surface area contributed by atoms with Crippen LogP contribution in [0.15, 0.2) is 36.7 Å². The zero-order chi connectivity index (χ0) is 23.4. The Hall–Kier alpha value is -3.44. The van der Waals surface area contributed by atoms with Gasteiger partial charge in [-0.05, 0) is 51.0 Å². The SMILES string of the molecule is Cc1c(C#N)c(NC(=O)CN(Cc2cnn(C)c2)C(C)C)n(Cc2ccc(F)cc2)c1C. The summed E-state index contributed by atoms with van der Waals surface area (Å²) >= 11 is 0. The van der Waals surface area contributed by atoms with E-state index in [1.807, 2.05) is 50.4 Å². The van der Waals surface area contributed by atoms with Gasteiger partial charge in [0.25, 0.3) is 0 Å². The molecular weight excluding hydrogens is 407 g/mol. The molecular formula is C24H29FN6O. The van der Waals surface area contributed by atoms with Crippen molar-refractivity contribution in [3.05, 3.63) is 70.4 Å². The molecule has 1 N–H and O–H groups in total. The highest BCUT2D eigenvalue weighted by Crippen LogP contribution is 2.27. The number of benzene rings is 1. The summed E-state index contributed by atoms with van der Waals surface area (Å²) in [5.74, 6) is -0.0263. The number of nitriles is 1. The van der Waals surface area contributed by atoms with Crippen LogP contribution in [-0.2, 0) is 24.9 Å². The fraction of sp³-hybridized carbons (Fsp3) is 0.375. The molecule has 3 aromatic rings. The van der Waals surface area contributed by atoms with Crippen LogP contribution in [0.5, 0.6) is 0 Å². The predicted molar refractivity (Wildman–Crippen MR) is 122 cm³/mol. The number of hydrogen-bond acceptors (Lipinski definition) is 4. The normalized spacial score (nSPS) is 11.2. The fourth-order valence-electron chi connectivity index (χ4n) is 3.67. The number of aryl methyl sites for hydroxylation is 1. The molecule has 0 aliphatic carbocycles. The molecule has 0 aliphatic rings. The molecule has 0 saturated heterocycles. The number of halogens is 1. The van der Waals surface area contributed by atoms with E-state index in [-0.39, 0.29) is 24.3 Å². The van der Waals surface area contributed by atoms with Gasteiger partial charge in [-0.1, -0.05) is 12.1 Å². The molecule has 2 heterocycles. The number of rotatable bonds is 8. The third kappa shape index (κ3) is 5.24. The molecule has 0 unspecified atom stereocenters. The van der Waals surface area contributed by atoms with E-state index in [2.05, 4.69) is 16.5 Å². The van der Waals surface area contributed by atoms with E-state index in [0.29, 0.717) is 24.5 Å². The third-order valence-corrected chi connectivity index (χ3v) is 5.67. The number of nitrogens with zero attached hydrogens (tertiary/aromatic N) is 5. The quantitative estimate of drug-likeness (QED) is 0.583. The predicted octanol–water partition coefficient (Wildman–Crippen LogP) is 3.75. The lowest BCUT2D eigenvalue weighted by molar-refractivity contribution is -0.117. The van der Waals surface area contributed by atoms with Crippen molar-refractivity contribution >= 4 is 11.7 Å². The first-order chi connectivity index (χ1) is 15.2. The zero-order valence-corrected chi connectivity index (χ0v) is 19.2. The van der Waals surface area contributed by atoms with Crippen molar-refractivity contribution in [1.29, 1.82) is 5.26 Å². The molecule has 2 aromatic heterocycles. The molecule has 168 valence electrons. The molecule has 1 amide bonds. The van der Waals surface area contributed by atoms with Crippen molar-refractivity contribution in [3.63, 3.8) is 0 Å². The lowest BCUT2D eigenvalue weighted by Gasteiger charge is -2.25. The maximum Gasteiger partial charge on any atom is 0.239 e. The monoisotopic (exact) mass is 436 g/mol. The number of anilines is 1. The van der Waals surface area contributed by atoms with Crippen LogP contribution in [0.25, 0.3) is 0 Å². The summed E-state index contributed by atoms with van der Waals surface area (Å²) in [4.78, 5) is 15.1. The van der Waals surface area contributed by atoms with E-state index in [1.165, 1.54) is 12.1 Å². The van der Waals surface area contributed by atoms with Gasteiger partial charge >= 0.3 is 0 Å². The third-order valence-electron chi connectivity index (χ3n) is 5.67. The lowest BCUT2D eigenvalue weighted by Crippen LogP contribution is -2.37. The molecule has 8 heteroatoms. The Morgan fingerprint density at radius 3 is 2.50 bits per heavy atom. The highest BCUT2D eigenvalue weighted by molar-refractivity contribution is 5.93. The maximum absolute atomic E-state index is 13.3. The van der Waals surface area contributed by atoms with Crippen LogP contribution < -0.4 is 5.32 Å². The Balaban J connectivity index is 1.83. The van der Waals surface area contributed by atoms with E-state index in [0.717, 1.165) is 22.4 Å². The Kier molecular flexibility index (Phi) is 7.11. The van der Waals surface area contributed by atoms with Gasteiger partial charge in [-0.2, -0.15) is 10.4 Å². The Bertz CT molecular complexity index is 1140. The summed E-state index contributed by atoms with van der Waals surface area (Å²) in [6.45, 7) is 9.06. The minimum atomic E-state index is -0.303. The highest BCUT2D eigenvalue weighted by Gasteiger charge is 2.22. The summed E-state index contributed by atoms with van der Waals surface area (Å²) < 4.78 is 16.9. The molecule has 0 fully saturated rings. The van der Waals surface area contributed by atoms with Crippen molar-refractivity contribution in [2.75, 3.05) is 11.9 Å². The van der Waals surface area contributed by atoms with Gasteiger partial charge in [0.05, 0.1) is 18.3 Å². The van der Waals surface area contributed by atoms with Crippen LogP contribution in [-0.4, -0.2) is 37.7 Å². The molecule has 0 atom stereocenters. The minimum absolute atomic E-state index is 0.144. The van der Waals surface area contributed by atoms with Crippen molar-refractivity contribution in [3.8, 4) is 6.07 Å². The number of aromatic nitrogens is 3. The van der Waals surface area contributed by atoms with E-state index >= 15 is 0 Å². The average molecular weight is 437 g/mol. The van der Waals surface area contributed by atoms with Gasteiger partial charge in [-0.25, -0.2) is 4.39 Å². The molecule has 0 aliphatic heterocycles. The largest absolute Gasteiger partial charge is 0.326 e. The number of amides is 1. The molecule has 0 spiro atoms. The number of nitrogens with one attached hydrogen (secondary N) is 1. The summed E-state index contributed by atoms with van der Waals surface area (Å²) in [5.41, 5.74) is 4.06. The van der Waals surface area contributed by atoms with Gasteiger partial charge in [0.1, 0.15) is 17.7 Å². The molecule has 1 aromatic carbocycles. The molecule has 32 heavy (non-hydrogen) atoms. The summed E-state index contributed by atoms with van der Waals surface area (Å²) in [7, 11) is 1.86. The fourth-order valence-corrected chi connectivity index (χ4v) is 3.67. The lowest BCUT2D eigenvalue weighted by atomic mass is 10.2. The van der Waals surface area contributed by atoms with Gasteiger partial charge < -0.3 is 9.88 Å². The van der Waals surface area contributed by atoms with E-state index < -0.39 is 0 Å². The molecule has 3 rings (SSSR count). The van der Waals surface area contributed by atoms with Crippen molar-refractivity contribution in [2.45, 2.75) is 46.8 Å². The second kappa shape index (κ2) is 9.79. The minimum Gasteiger partial charge on any atom is -0.326 e. The Morgan fingerprint density at radius 2 is 1.94 bits per heavy atom. The number of carbonyl (C=O) groups excluding carboxylic acids is 1. The van der Waals surface area contributed by atoms with E-state index in [4.69, 9.17) is 0 Å². The van der Waals surface area contributed by atoms with Gasteiger partial charge in [0.15, 0.2) is 0 Å². The van der Waals surface area contributed by atoms with E-state index in [9.17, 15) is 14.4 Å². The van der Waals surface area contributed by atoms with Crippen LogP contribution in [0, 0.1) is 31.0 Å². The zero-order valence-electron chi connectivity index (χ0n) is 19.2. The highest BCUT2D eigenvalue weighted by atomic mass is 19.1. The maximum atomic E-state index is 13.3. The second-order valence-electron chi connectivity index (χ2n) is 8.33. The van der Waals surface area contributed by atoms with Crippen molar-refractivity contribution in [1.82, 2.24) is 19.2 Å². The molecule has 0 saturated carbocycles. The number of hydrogen-bond donors (Lipinski definition) is 1. The summed E-state index contributed by atoms with van der Waals surface area (Å²) in [5, 5.41) is 16.9. The first kappa shape index (κ1) is 23.2. The molecule has 7 nitrogen and oxygen atoms in total. The van der Waals surface area contributed by atoms with Crippen molar-refractivity contribution < 1.29 is 9.18 Å². The van der Waals surface area contributed by atoms with Crippen molar-refractivity contribution in [2.24, 2.45) is 7.05 Å². The Labute approximate surface area is 188 Å². The van der Waals surface area contributed by atoms with Gasteiger partial charge in [-0.15, -0.1) is 0 Å². The standard InChI is InChI=1S/C24H29FN6O/c1-16(2)30(13-20-11-27-29(5)12-20)15-23(32)28-24-22(10-26)17(3)18(4)31(24)14-19-6-8-21(25)9-7-19/h6-9,11-12,16H,13-15H2,1-5H3,(H,28,32). The van der Waals surface area contributed by atoms with Gasteiger partial charge in [0, 0.05) is 43.6 Å². The summed E-state index contributed by atoms with van der Waals surface area (Å²) in [6.07, 6.45) is 3.73. The first-order valence-electron chi connectivity index (χ1n) is 10.5. The molecule has 0 bridgehead atoms. The van der Waals surface area contributed by atoms with Crippen LogP contribution in [0.4, 0.5) is 10.2 Å².